The molecule has 1 aliphatic heterocycles. The fraction of sp³-hybridized carbons (Fsp3) is 0.259. The van der Waals surface area contributed by atoms with Crippen LogP contribution in [0.15, 0.2) is 60.1 Å². The molecule has 16 heteroatoms. The maximum atomic E-state index is 14.4. The minimum Gasteiger partial charge on any atom is -0.509 e. The number of alkyl halides is 6. The van der Waals surface area contributed by atoms with E-state index in [2.05, 4.69) is 15.3 Å². The fourth-order valence-electron chi connectivity index (χ4n) is 4.19. The maximum Gasteiger partial charge on any atom is 0.433 e. The van der Waals surface area contributed by atoms with Crippen molar-refractivity contribution in [2.24, 2.45) is 0 Å². The van der Waals surface area contributed by atoms with Gasteiger partial charge in [-0.15, -0.1) is 0 Å². The van der Waals surface area contributed by atoms with Crippen LogP contribution in [0.4, 0.5) is 40.8 Å². The molecule has 2 N–H and O–H groups in total. The van der Waals surface area contributed by atoms with E-state index in [0.29, 0.717) is 24.4 Å². The average molecular weight is 615 g/mol. The summed E-state index contributed by atoms with van der Waals surface area (Å²) in [5.41, 5.74) is -7.36. The quantitative estimate of drug-likeness (QED) is 0.275. The summed E-state index contributed by atoms with van der Waals surface area (Å²) < 4.78 is 108. The van der Waals surface area contributed by atoms with Gasteiger partial charge in [-0.05, 0) is 38.1 Å². The first kappa shape index (κ1) is 31.3. The van der Waals surface area contributed by atoms with Crippen molar-refractivity contribution in [1.82, 2.24) is 20.0 Å². The van der Waals surface area contributed by atoms with Gasteiger partial charge in [0, 0.05) is 30.6 Å². The topological polar surface area (TPSA) is 98.7 Å². The Labute approximate surface area is 238 Å². The Kier molecular flexibility index (Phi) is 7.95. The molecule has 1 aliphatic rings. The minimum absolute atomic E-state index is 0.275. The zero-order valence-corrected chi connectivity index (χ0v) is 22.4. The lowest BCUT2D eigenvalue weighted by Crippen LogP contribution is -2.60. The monoisotopic (exact) mass is 615 g/mol. The summed E-state index contributed by atoms with van der Waals surface area (Å²) in [5.74, 6) is -5.80. The second kappa shape index (κ2) is 10.9. The number of pyridine rings is 2. The summed E-state index contributed by atoms with van der Waals surface area (Å²) in [4.78, 5) is 33.7. The maximum absolute atomic E-state index is 14.4. The molecule has 0 spiro atoms. The standard InChI is InChI=1S/C27H21F8N5O3/c1-25(2)22(41)19(24(43)40(39(25)3)12-13-5-4-6-16(28)20(13)29)23(42)37-17-7-8-18(27(33,34)35)38-21(17)14-9-15(11-36-10-14)26(30,31)32/h4-11,41H,12H2,1-3H3,(H,37,42). The van der Waals surface area contributed by atoms with E-state index in [1.165, 1.54) is 38.0 Å². The van der Waals surface area contributed by atoms with Crippen LogP contribution in [-0.4, -0.2) is 49.5 Å². The first-order valence-corrected chi connectivity index (χ1v) is 12.2. The van der Waals surface area contributed by atoms with Gasteiger partial charge in [0.15, 0.2) is 11.6 Å². The van der Waals surface area contributed by atoms with Gasteiger partial charge in [0.25, 0.3) is 11.8 Å². The van der Waals surface area contributed by atoms with Gasteiger partial charge < -0.3 is 10.4 Å². The van der Waals surface area contributed by atoms with Gasteiger partial charge >= 0.3 is 12.4 Å². The number of aromatic nitrogens is 2. The fourth-order valence-corrected chi connectivity index (χ4v) is 4.19. The molecule has 8 nitrogen and oxygen atoms in total. The molecule has 0 atom stereocenters. The van der Waals surface area contributed by atoms with E-state index in [1.54, 1.807) is 0 Å². The second-order valence-corrected chi connectivity index (χ2v) is 9.89. The number of hydrogen-bond acceptors (Lipinski definition) is 6. The van der Waals surface area contributed by atoms with E-state index in [0.717, 1.165) is 17.3 Å². The van der Waals surface area contributed by atoms with E-state index in [1.807, 2.05) is 0 Å². The Bertz CT molecular complexity index is 1640. The number of anilines is 1. The number of rotatable bonds is 5. The van der Waals surface area contributed by atoms with Gasteiger partial charge in [-0.3, -0.25) is 19.6 Å². The van der Waals surface area contributed by atoms with Crippen LogP contribution in [0.2, 0.25) is 0 Å². The number of nitrogens with zero attached hydrogens (tertiary/aromatic N) is 4. The van der Waals surface area contributed by atoms with Gasteiger partial charge in [-0.25, -0.2) is 18.8 Å². The first-order chi connectivity index (χ1) is 19.8. The molecule has 0 bridgehead atoms. The molecular weight excluding hydrogens is 594 g/mol. The normalized spacial score (nSPS) is 16.1. The molecule has 4 rings (SSSR count). The lowest BCUT2D eigenvalue weighted by molar-refractivity contribution is -0.160. The number of halogens is 8. The second-order valence-electron chi connectivity index (χ2n) is 9.89. The van der Waals surface area contributed by atoms with Crippen molar-refractivity contribution in [2.45, 2.75) is 38.3 Å². The van der Waals surface area contributed by atoms with Gasteiger partial charge in [0.2, 0.25) is 0 Å². The number of aliphatic hydroxyl groups is 1. The third kappa shape index (κ3) is 6.00. The molecule has 228 valence electrons. The van der Waals surface area contributed by atoms with Crippen LogP contribution >= 0.6 is 0 Å². The van der Waals surface area contributed by atoms with Crippen molar-refractivity contribution in [2.75, 3.05) is 12.4 Å². The zero-order valence-electron chi connectivity index (χ0n) is 22.4. The predicted molar refractivity (Wildman–Crippen MR) is 135 cm³/mol. The Hall–Kier alpha value is -4.60. The summed E-state index contributed by atoms with van der Waals surface area (Å²) in [6.45, 7) is 2.18. The largest absolute Gasteiger partial charge is 0.509 e. The summed E-state index contributed by atoms with van der Waals surface area (Å²) in [5, 5.41) is 15.1. The summed E-state index contributed by atoms with van der Waals surface area (Å²) in [7, 11) is 1.33. The zero-order chi connectivity index (χ0) is 32.1. The first-order valence-electron chi connectivity index (χ1n) is 12.2. The van der Waals surface area contributed by atoms with E-state index in [-0.39, 0.29) is 5.56 Å². The van der Waals surface area contributed by atoms with Gasteiger partial charge in [-0.1, -0.05) is 12.1 Å². The third-order valence-electron chi connectivity index (χ3n) is 6.79. The third-order valence-corrected chi connectivity index (χ3v) is 6.79. The van der Waals surface area contributed by atoms with E-state index in [9.17, 15) is 49.8 Å². The molecule has 0 radical (unpaired) electrons. The molecule has 0 aliphatic carbocycles. The smallest absolute Gasteiger partial charge is 0.433 e. The summed E-state index contributed by atoms with van der Waals surface area (Å²) in [6, 6.07) is 4.87. The Balaban J connectivity index is 1.78. The molecule has 0 fully saturated rings. The van der Waals surface area contributed by atoms with Gasteiger partial charge in [0.05, 0.1) is 29.0 Å². The number of carbonyl (C=O) groups is 2. The predicted octanol–water partition coefficient (Wildman–Crippen LogP) is 5.88. The lowest BCUT2D eigenvalue weighted by atomic mass is 9.93. The minimum atomic E-state index is -5.02. The number of amides is 2. The van der Waals surface area contributed by atoms with Crippen molar-refractivity contribution < 1.29 is 49.8 Å². The summed E-state index contributed by atoms with van der Waals surface area (Å²) in [6.07, 6.45) is -8.70. The van der Waals surface area contributed by atoms with E-state index in [4.69, 9.17) is 0 Å². The number of nitrogens with one attached hydrogen (secondary N) is 1. The molecule has 1 aromatic carbocycles. The molecule has 43 heavy (non-hydrogen) atoms. The van der Waals surface area contributed by atoms with E-state index >= 15 is 0 Å². The molecule has 2 aromatic heterocycles. The molecule has 3 aromatic rings. The number of hydrazine groups is 1. The van der Waals surface area contributed by atoms with Crippen molar-refractivity contribution in [3.63, 3.8) is 0 Å². The Morgan fingerprint density at radius 2 is 1.70 bits per heavy atom. The highest BCUT2D eigenvalue weighted by atomic mass is 19.4. The average Bonchev–Trinajstić information content (AvgIpc) is 2.92. The number of carbonyl (C=O) groups excluding carboxylic acids is 2. The molecule has 0 saturated carbocycles. The van der Waals surface area contributed by atoms with Crippen LogP contribution in [0.3, 0.4) is 0 Å². The van der Waals surface area contributed by atoms with Crippen molar-refractivity contribution >= 4 is 17.5 Å². The molecule has 0 saturated heterocycles. The molecule has 3 heterocycles. The number of aliphatic hydroxyl groups excluding tert-OH is 1. The number of benzene rings is 1. The highest BCUT2D eigenvalue weighted by molar-refractivity contribution is 6.24. The number of likely N-dealkylation sites (N-methyl/N-ethyl adjacent to an activating group) is 1. The lowest BCUT2D eigenvalue weighted by Gasteiger charge is -2.46. The SMILES string of the molecule is CN1N(Cc2cccc(F)c2F)C(=O)C(C(=O)Nc2ccc(C(F)(F)F)nc2-c2cncc(C(F)(F)F)c2)=C(O)C1(C)C. The van der Waals surface area contributed by atoms with Crippen LogP contribution in [0.25, 0.3) is 11.3 Å². The van der Waals surface area contributed by atoms with Crippen molar-refractivity contribution in [1.29, 1.82) is 0 Å². The Morgan fingerprint density at radius 1 is 1.02 bits per heavy atom. The van der Waals surface area contributed by atoms with Crippen LogP contribution < -0.4 is 5.32 Å². The van der Waals surface area contributed by atoms with Crippen LogP contribution in [0.5, 0.6) is 0 Å². The molecule has 2 amide bonds. The highest BCUT2D eigenvalue weighted by Crippen LogP contribution is 2.37. The Morgan fingerprint density at radius 3 is 2.33 bits per heavy atom. The van der Waals surface area contributed by atoms with Crippen LogP contribution in [0.1, 0.15) is 30.7 Å². The molecule has 0 unspecified atom stereocenters. The van der Waals surface area contributed by atoms with Gasteiger partial charge in [-0.2, -0.15) is 26.3 Å². The highest BCUT2D eigenvalue weighted by Gasteiger charge is 2.46. The van der Waals surface area contributed by atoms with Crippen molar-refractivity contribution in [3.05, 3.63) is 88.6 Å². The number of hydrogen-bond donors (Lipinski definition) is 2. The molecular formula is C27H21F8N5O3. The van der Waals surface area contributed by atoms with Crippen molar-refractivity contribution in [3.8, 4) is 11.3 Å². The van der Waals surface area contributed by atoms with Crippen LogP contribution in [0, 0.1) is 11.6 Å². The van der Waals surface area contributed by atoms with Crippen LogP contribution in [-0.2, 0) is 28.5 Å². The van der Waals surface area contributed by atoms with Gasteiger partial charge in [0.1, 0.15) is 17.0 Å². The summed E-state index contributed by atoms with van der Waals surface area (Å²) >= 11 is 0. The van der Waals surface area contributed by atoms with E-state index < -0.39 is 87.4 Å².